The number of aldehydes is 1. The minimum Gasteiger partial charge on any atom is -0.295 e. The topological polar surface area (TPSA) is 17.1 Å². The van der Waals surface area contributed by atoms with Gasteiger partial charge in [0.15, 0.2) is 17.9 Å². The van der Waals surface area contributed by atoms with Gasteiger partial charge in [0.1, 0.15) is 6.67 Å². The normalized spacial score (nSPS) is 12.9. The highest BCUT2D eigenvalue weighted by atomic mass is 19.2. The minimum absolute atomic E-state index is 0.380. The summed E-state index contributed by atoms with van der Waals surface area (Å²) >= 11 is 0. The Morgan fingerprint density at radius 2 is 2.00 bits per heavy atom. The van der Waals surface area contributed by atoms with E-state index in [9.17, 15) is 18.0 Å². The number of allylic oxidation sites excluding steroid dienone is 2. The minimum atomic E-state index is -1.67. The molecule has 0 saturated heterocycles. The Hall–Kier alpha value is -0.800. The summed E-state index contributed by atoms with van der Waals surface area (Å²) in [5.41, 5.74) is 0. The fraction of sp³-hybridized carbons (Fsp3) is 0.250. The number of carbonyl (C=O) groups excluding carboxylic acids is 1. The maximum absolute atomic E-state index is 11.4. The van der Waals surface area contributed by atoms with Crippen molar-refractivity contribution < 1.29 is 18.0 Å². The van der Waals surface area contributed by atoms with Crippen LogP contribution in [0.1, 0.15) is 0 Å². The molecule has 0 N–H and O–H groups in total. The highest BCUT2D eigenvalue weighted by Gasteiger charge is 2.01. The van der Waals surface area contributed by atoms with Crippen LogP contribution in [-0.4, -0.2) is 13.0 Å². The Bertz CT molecular complexity index is 118. The molecule has 0 bridgehead atoms. The van der Waals surface area contributed by atoms with Crippen molar-refractivity contribution in [2.24, 2.45) is 0 Å². The fourth-order valence-corrected chi connectivity index (χ4v) is 0.128. The van der Waals surface area contributed by atoms with E-state index >= 15 is 0 Å². The van der Waals surface area contributed by atoms with Gasteiger partial charge in [0.05, 0.1) is 0 Å². The van der Waals surface area contributed by atoms with Crippen LogP contribution in [0.15, 0.2) is 11.7 Å². The number of rotatable bonds is 2. The van der Waals surface area contributed by atoms with E-state index in [0.29, 0.717) is 0 Å². The lowest BCUT2D eigenvalue weighted by Gasteiger charge is -1.82. The molecule has 0 spiro atoms. The third kappa shape index (κ3) is 1.77. The SMILES string of the molecule is O=CC(F)=C(F)CF. The first kappa shape index (κ1) is 7.20. The zero-order valence-corrected chi connectivity index (χ0v) is 3.83. The molecule has 0 aromatic heterocycles. The van der Waals surface area contributed by atoms with Crippen molar-refractivity contribution in [3.05, 3.63) is 11.7 Å². The Labute approximate surface area is 43.8 Å². The van der Waals surface area contributed by atoms with Crippen molar-refractivity contribution in [2.45, 2.75) is 0 Å². The highest BCUT2D eigenvalue weighted by Crippen LogP contribution is 2.04. The van der Waals surface area contributed by atoms with Gasteiger partial charge in [-0.25, -0.2) is 13.2 Å². The molecular weight excluding hydrogens is 121 g/mol. The smallest absolute Gasteiger partial charge is 0.196 e. The summed E-state index contributed by atoms with van der Waals surface area (Å²) in [6, 6.07) is 0. The predicted octanol–water partition coefficient (Wildman–Crippen LogP) is 1.31. The first-order valence-corrected chi connectivity index (χ1v) is 1.77. The summed E-state index contributed by atoms with van der Waals surface area (Å²) in [4.78, 5) is 9.27. The molecule has 0 aliphatic rings. The average Bonchev–Trinajstić information content (AvgIpc) is 1.84. The molecule has 0 fully saturated rings. The van der Waals surface area contributed by atoms with Crippen molar-refractivity contribution in [1.82, 2.24) is 0 Å². The number of alkyl halides is 1. The lowest BCUT2D eigenvalue weighted by atomic mass is 10.5. The van der Waals surface area contributed by atoms with E-state index in [1.54, 1.807) is 0 Å². The van der Waals surface area contributed by atoms with Crippen LogP contribution in [0.3, 0.4) is 0 Å². The van der Waals surface area contributed by atoms with E-state index in [1.165, 1.54) is 0 Å². The van der Waals surface area contributed by atoms with Gasteiger partial charge in [-0.1, -0.05) is 0 Å². The molecular formula is C4H3F3O. The zero-order chi connectivity index (χ0) is 6.57. The van der Waals surface area contributed by atoms with Crippen LogP contribution in [0.25, 0.3) is 0 Å². The van der Waals surface area contributed by atoms with Gasteiger partial charge in [0.2, 0.25) is 0 Å². The van der Waals surface area contributed by atoms with Gasteiger partial charge in [0.25, 0.3) is 0 Å². The van der Waals surface area contributed by atoms with Crippen LogP contribution >= 0.6 is 0 Å². The Morgan fingerprint density at radius 1 is 1.50 bits per heavy atom. The van der Waals surface area contributed by atoms with Crippen LogP contribution in [0.4, 0.5) is 13.2 Å². The van der Waals surface area contributed by atoms with Crippen molar-refractivity contribution in [3.63, 3.8) is 0 Å². The molecule has 4 heteroatoms. The molecule has 8 heavy (non-hydrogen) atoms. The van der Waals surface area contributed by atoms with Gasteiger partial charge in [-0.2, -0.15) is 0 Å². The molecule has 1 nitrogen and oxygen atoms in total. The van der Waals surface area contributed by atoms with Crippen molar-refractivity contribution in [3.8, 4) is 0 Å². The van der Waals surface area contributed by atoms with Gasteiger partial charge >= 0.3 is 0 Å². The Morgan fingerprint density at radius 3 is 2.12 bits per heavy atom. The summed E-state index contributed by atoms with van der Waals surface area (Å²) in [5.74, 6) is -3.33. The monoisotopic (exact) mass is 124 g/mol. The number of halogens is 3. The second-order valence-corrected chi connectivity index (χ2v) is 1.00. The summed E-state index contributed by atoms with van der Waals surface area (Å²) in [5, 5.41) is 0. The summed E-state index contributed by atoms with van der Waals surface area (Å²) in [6.45, 7) is -1.56. The maximum atomic E-state index is 11.4. The predicted molar refractivity (Wildman–Crippen MR) is 21.3 cm³/mol. The molecule has 0 radical (unpaired) electrons. The second-order valence-electron chi connectivity index (χ2n) is 1.00. The summed E-state index contributed by atoms with van der Waals surface area (Å²) in [6.07, 6.45) is -0.380. The molecule has 0 aliphatic carbocycles. The molecule has 0 aromatic rings. The second kappa shape index (κ2) is 3.23. The lowest BCUT2D eigenvalue weighted by Crippen LogP contribution is -1.82. The molecule has 46 valence electrons. The van der Waals surface area contributed by atoms with Crippen molar-refractivity contribution in [1.29, 1.82) is 0 Å². The van der Waals surface area contributed by atoms with E-state index in [2.05, 4.69) is 0 Å². The fourth-order valence-electron chi connectivity index (χ4n) is 0.128. The average molecular weight is 124 g/mol. The van der Waals surface area contributed by atoms with Gasteiger partial charge in [-0.05, 0) is 0 Å². The van der Waals surface area contributed by atoms with Crippen LogP contribution in [0.5, 0.6) is 0 Å². The van der Waals surface area contributed by atoms with Crippen LogP contribution in [-0.2, 0) is 4.79 Å². The van der Waals surface area contributed by atoms with Crippen molar-refractivity contribution in [2.75, 3.05) is 6.67 Å². The molecule has 0 saturated carbocycles. The van der Waals surface area contributed by atoms with E-state index in [0.717, 1.165) is 0 Å². The largest absolute Gasteiger partial charge is 0.295 e. The third-order valence-electron chi connectivity index (χ3n) is 0.480. The summed E-state index contributed by atoms with van der Waals surface area (Å²) < 4.78 is 33.8. The van der Waals surface area contributed by atoms with E-state index in [-0.39, 0.29) is 6.29 Å². The molecule has 0 heterocycles. The van der Waals surface area contributed by atoms with Crippen molar-refractivity contribution >= 4 is 6.29 Å². The molecule has 0 amide bonds. The highest BCUT2D eigenvalue weighted by molar-refractivity contribution is 5.70. The van der Waals surface area contributed by atoms with Crippen LogP contribution < -0.4 is 0 Å². The maximum Gasteiger partial charge on any atom is 0.196 e. The van der Waals surface area contributed by atoms with E-state index in [1.807, 2.05) is 0 Å². The quantitative estimate of drug-likeness (QED) is 0.400. The molecule has 0 aromatic carbocycles. The number of hydrogen-bond acceptors (Lipinski definition) is 1. The van der Waals surface area contributed by atoms with Gasteiger partial charge in [-0.15, -0.1) is 0 Å². The third-order valence-corrected chi connectivity index (χ3v) is 0.480. The van der Waals surface area contributed by atoms with E-state index in [4.69, 9.17) is 0 Å². The first-order valence-electron chi connectivity index (χ1n) is 1.77. The standard InChI is InChI=1S/C4H3F3O/c5-1-3(6)4(7)2-8/h2H,1H2. The Kier molecular flexibility index (Phi) is 2.91. The van der Waals surface area contributed by atoms with Gasteiger partial charge < -0.3 is 0 Å². The zero-order valence-electron chi connectivity index (χ0n) is 3.83. The summed E-state index contributed by atoms with van der Waals surface area (Å²) in [7, 11) is 0. The number of carbonyl (C=O) groups is 1. The van der Waals surface area contributed by atoms with Crippen LogP contribution in [0.2, 0.25) is 0 Å². The van der Waals surface area contributed by atoms with Crippen LogP contribution in [0, 0.1) is 0 Å². The molecule has 0 atom stereocenters. The molecule has 0 unspecified atom stereocenters. The lowest BCUT2D eigenvalue weighted by molar-refractivity contribution is -0.106. The molecule has 0 aliphatic heterocycles. The van der Waals surface area contributed by atoms with Gasteiger partial charge in [0, 0.05) is 0 Å². The Balaban J connectivity index is 4.03. The van der Waals surface area contributed by atoms with E-state index < -0.39 is 18.3 Å². The van der Waals surface area contributed by atoms with Gasteiger partial charge in [-0.3, -0.25) is 4.79 Å². The first-order chi connectivity index (χ1) is 3.72. The molecule has 0 rings (SSSR count). The number of hydrogen-bond donors (Lipinski definition) is 0.